The molecule has 18 atom stereocenters. The second-order valence-electron chi connectivity index (χ2n) is 22.0. The van der Waals surface area contributed by atoms with Gasteiger partial charge in [0.25, 0.3) is 0 Å². The molecule has 4 aliphatic rings. The van der Waals surface area contributed by atoms with Gasteiger partial charge in [0.05, 0.1) is 53.8 Å². The Kier molecular flexibility index (Phi) is 22.2. The van der Waals surface area contributed by atoms with E-state index in [1.807, 2.05) is 32.8 Å². The Morgan fingerprint density at radius 1 is 0.886 bits per heavy atom. The van der Waals surface area contributed by atoms with Gasteiger partial charge < -0.3 is 63.0 Å². The maximum atomic E-state index is 14.7. The second kappa shape index (κ2) is 26.0. The van der Waals surface area contributed by atoms with Crippen LogP contribution < -0.4 is 5.43 Å². The fourth-order valence-corrected chi connectivity index (χ4v) is 11.5. The lowest BCUT2D eigenvalue weighted by Gasteiger charge is -2.49. The number of hydrogen-bond acceptors (Lipinski definition) is 18. The molecular weight excluding hydrogens is 909 g/mol. The molecule has 0 spiro atoms. The lowest BCUT2D eigenvalue weighted by atomic mass is 9.73. The van der Waals surface area contributed by atoms with Gasteiger partial charge in [0, 0.05) is 52.3 Å². The van der Waals surface area contributed by atoms with Crippen LogP contribution in [-0.4, -0.2) is 175 Å². The van der Waals surface area contributed by atoms with Gasteiger partial charge in [0.15, 0.2) is 24.8 Å². The molecule has 0 aromatic carbocycles. The number of aliphatic hydroxyl groups excluding tert-OH is 1. The summed E-state index contributed by atoms with van der Waals surface area (Å²) in [7, 11) is 8.57. The van der Waals surface area contributed by atoms with Crippen LogP contribution in [0.15, 0.2) is 5.16 Å². The van der Waals surface area contributed by atoms with Gasteiger partial charge in [-0.3, -0.25) is 15.0 Å². The maximum absolute atomic E-state index is 14.7. The molecule has 1 aliphatic carbocycles. The highest BCUT2D eigenvalue weighted by Crippen LogP contribution is 2.42. The predicted octanol–water partition coefficient (Wildman–Crippen LogP) is 5.73. The van der Waals surface area contributed by atoms with E-state index >= 15 is 0 Å². The average Bonchev–Trinajstić information content (AvgIpc) is 3.27. The smallest absolute Gasteiger partial charge is 0.422 e. The Balaban J connectivity index is 1.88. The Labute approximate surface area is 418 Å². The number of ether oxygens (including phenoxy) is 8. The van der Waals surface area contributed by atoms with Crippen LogP contribution in [0.3, 0.4) is 0 Å². The zero-order valence-electron chi connectivity index (χ0n) is 45.3. The first-order chi connectivity index (χ1) is 32.7. The van der Waals surface area contributed by atoms with E-state index in [-0.39, 0.29) is 31.4 Å². The molecule has 4 rings (SSSR count). The van der Waals surface area contributed by atoms with Crippen molar-refractivity contribution in [3.05, 3.63) is 0 Å². The van der Waals surface area contributed by atoms with Gasteiger partial charge >= 0.3 is 18.0 Å². The third-order valence-corrected chi connectivity index (χ3v) is 15.4. The number of nitrogens with one attached hydrogen (secondary N) is 1. The summed E-state index contributed by atoms with van der Waals surface area (Å²) in [6.07, 6.45) is -2.35. The van der Waals surface area contributed by atoms with E-state index in [1.165, 1.54) is 58.1 Å². The first-order valence-corrected chi connectivity index (χ1v) is 25.8. The van der Waals surface area contributed by atoms with Crippen LogP contribution in [0.5, 0.6) is 0 Å². The molecule has 4 fully saturated rings. The molecule has 1 amide bonds. The van der Waals surface area contributed by atoms with E-state index in [1.54, 1.807) is 62.6 Å². The summed E-state index contributed by atoms with van der Waals surface area (Å²) in [6.45, 7) is 18.9. The van der Waals surface area contributed by atoms with Gasteiger partial charge in [-0.15, -0.1) is 0 Å². The molecule has 406 valence electrons. The van der Waals surface area contributed by atoms with Gasteiger partial charge in [0.1, 0.15) is 23.9 Å². The first kappa shape index (κ1) is 59.8. The zero-order chi connectivity index (χ0) is 52.5. The van der Waals surface area contributed by atoms with E-state index < -0.39 is 114 Å². The van der Waals surface area contributed by atoms with E-state index in [2.05, 4.69) is 10.6 Å². The van der Waals surface area contributed by atoms with E-state index in [0.717, 1.165) is 12.8 Å². The number of aliphatic hydroxyl groups is 3. The highest BCUT2D eigenvalue weighted by Gasteiger charge is 2.55. The molecule has 1 unspecified atom stereocenters. The number of likely N-dealkylation sites (N-methyl/N-ethyl adjacent to an activating group) is 1. The summed E-state index contributed by atoms with van der Waals surface area (Å²) in [4.78, 5) is 48.3. The molecule has 3 saturated heterocycles. The zero-order valence-corrected chi connectivity index (χ0v) is 45.3. The van der Waals surface area contributed by atoms with Crippen LogP contribution >= 0.6 is 0 Å². The number of rotatable bonds is 15. The molecule has 0 aromatic heterocycles. The van der Waals surface area contributed by atoms with Gasteiger partial charge in [-0.1, -0.05) is 65.0 Å². The maximum Gasteiger partial charge on any atom is 0.422 e. The Hall–Kier alpha value is -2.72. The molecule has 0 bridgehead atoms. The molecule has 4 N–H and O–H groups in total. The molecular formula is C51H92N4O15. The predicted molar refractivity (Wildman–Crippen MR) is 261 cm³/mol. The van der Waals surface area contributed by atoms with Crippen molar-refractivity contribution in [1.29, 1.82) is 0 Å². The number of esters is 2. The molecule has 3 aliphatic heterocycles. The van der Waals surface area contributed by atoms with Crippen LogP contribution in [0.4, 0.5) is 4.79 Å². The van der Waals surface area contributed by atoms with Crippen LogP contribution in [0, 0.1) is 29.6 Å². The lowest BCUT2D eigenvalue weighted by Crippen LogP contribution is -2.62. The normalized spacial score (nSPS) is 41.4. The molecule has 70 heavy (non-hydrogen) atoms. The van der Waals surface area contributed by atoms with E-state index in [4.69, 9.17) is 42.7 Å². The SMILES string of the molecule is CC[C@@H]1OC(=O)[C@H](C)[C@@H](O[C@H]2C[C@@](C)(OC)[C@@H](OC(C)=O)[C@H](C)O2)[C@H](C)[C@@H](O[C@@H]2O[C@H](C)C[C@H](N(C)C)[C@H]2OC(=O)NN(C)C)C(C)(O)C[C@@H](C)/C(=N\OCCCC2CCCCC2)[C@@H](C)[C@@H](O)[C@]1(C)O. The first-order valence-electron chi connectivity index (χ1n) is 25.8. The van der Waals surface area contributed by atoms with Crippen molar-refractivity contribution in [2.45, 2.75) is 231 Å². The summed E-state index contributed by atoms with van der Waals surface area (Å²) in [6, 6.07) is -0.385. The van der Waals surface area contributed by atoms with Gasteiger partial charge in [0.2, 0.25) is 0 Å². The summed E-state index contributed by atoms with van der Waals surface area (Å²) in [5, 5.41) is 43.7. The third kappa shape index (κ3) is 15.4. The molecule has 3 heterocycles. The summed E-state index contributed by atoms with van der Waals surface area (Å²) < 4.78 is 50.9. The van der Waals surface area contributed by atoms with E-state index in [9.17, 15) is 29.7 Å². The summed E-state index contributed by atoms with van der Waals surface area (Å²) in [5.74, 6) is -4.07. The summed E-state index contributed by atoms with van der Waals surface area (Å²) >= 11 is 0. The van der Waals surface area contributed by atoms with Crippen molar-refractivity contribution < 1.29 is 72.4 Å². The number of carbonyl (C=O) groups is 3. The van der Waals surface area contributed by atoms with Gasteiger partial charge in [-0.2, -0.15) is 0 Å². The van der Waals surface area contributed by atoms with Crippen molar-refractivity contribution in [2.75, 3.05) is 41.9 Å². The van der Waals surface area contributed by atoms with Crippen molar-refractivity contribution in [2.24, 2.45) is 34.7 Å². The largest absolute Gasteiger partial charge is 0.459 e. The third-order valence-electron chi connectivity index (χ3n) is 15.4. The van der Waals surface area contributed by atoms with Crippen LogP contribution in [0.2, 0.25) is 0 Å². The number of oxime groups is 1. The molecule has 19 nitrogen and oxygen atoms in total. The number of methoxy groups -OCH3 is 1. The molecule has 0 aromatic rings. The lowest BCUT2D eigenvalue weighted by molar-refractivity contribution is -0.318. The average molecular weight is 1000 g/mol. The number of hydrogen-bond donors (Lipinski definition) is 4. The number of nitrogens with zero attached hydrogens (tertiary/aromatic N) is 3. The topological polar surface area (TPSA) is 226 Å². The summed E-state index contributed by atoms with van der Waals surface area (Å²) in [5.41, 5.74) is -1.84. The quantitative estimate of drug-likeness (QED) is 0.0665. The van der Waals surface area contributed by atoms with E-state index in [0.29, 0.717) is 24.7 Å². The van der Waals surface area contributed by atoms with Crippen LogP contribution in [0.1, 0.15) is 147 Å². The standard InChI is InChI=1S/C51H92N4O15/c1-17-38-51(11,61)43(57)31(4)40(53-63-25-21-24-36-22-19-18-20-23-36)29(2)27-49(9,60)44(70-47-42(69-48(59)52-55(14)15)37(54(12)13)26-30(3)64-47)32(5)41(33(6)46(58)67-38)68-39-28-50(10,62-16)45(34(7)65-39)66-35(8)56/h29-34,36-39,41-45,47,57,60-61H,17-28H2,1-16H3,(H,52,59)/b53-40+/t29-,30-,31-,32+,33-,34+,37+,38+,39+,41+,42-,43-,44-,45+,47+,49?,50-,51-/m1/s1. The fraction of sp³-hybridized carbons (Fsp3) is 0.922. The van der Waals surface area contributed by atoms with Crippen molar-refractivity contribution >= 4 is 23.7 Å². The van der Waals surface area contributed by atoms with Gasteiger partial charge in [-0.25, -0.2) is 9.80 Å². The Morgan fingerprint density at radius 2 is 1.54 bits per heavy atom. The van der Waals surface area contributed by atoms with Crippen LogP contribution in [0.25, 0.3) is 0 Å². The highest BCUT2D eigenvalue weighted by atomic mass is 16.7. The Bertz CT molecular complexity index is 1690. The minimum absolute atomic E-state index is 0.0248. The van der Waals surface area contributed by atoms with Crippen LogP contribution in [-0.2, 0) is 52.3 Å². The second-order valence-corrected chi connectivity index (χ2v) is 22.0. The molecule has 0 radical (unpaired) electrons. The van der Waals surface area contributed by atoms with Crippen molar-refractivity contribution in [1.82, 2.24) is 15.3 Å². The molecule has 19 heteroatoms. The fourth-order valence-electron chi connectivity index (χ4n) is 11.5. The highest BCUT2D eigenvalue weighted by molar-refractivity contribution is 5.88. The Morgan fingerprint density at radius 3 is 2.13 bits per heavy atom. The minimum atomic E-state index is -1.97. The minimum Gasteiger partial charge on any atom is -0.459 e. The van der Waals surface area contributed by atoms with Crippen molar-refractivity contribution in [3.8, 4) is 0 Å². The number of cyclic esters (lactones) is 1. The monoisotopic (exact) mass is 1000 g/mol. The number of amides is 1. The number of carbonyl (C=O) groups excluding carboxylic acids is 3. The molecule has 1 saturated carbocycles. The number of hydrazine groups is 1. The van der Waals surface area contributed by atoms with Gasteiger partial charge in [-0.05, 0) is 93.7 Å². The van der Waals surface area contributed by atoms with Crippen molar-refractivity contribution in [3.63, 3.8) is 0 Å².